The minimum absolute atomic E-state index is 0.116. The lowest BCUT2D eigenvalue weighted by Crippen LogP contribution is -2.33. The van der Waals surface area contributed by atoms with E-state index in [1.54, 1.807) is 6.92 Å². The first-order chi connectivity index (χ1) is 10.5. The van der Waals surface area contributed by atoms with Crippen LogP contribution in [0.15, 0.2) is 11.4 Å². The van der Waals surface area contributed by atoms with E-state index in [-0.39, 0.29) is 12.5 Å². The number of nitrogens with zero attached hydrogens (tertiary/aromatic N) is 3. The molecule has 2 aliphatic rings. The first-order valence-corrected chi connectivity index (χ1v) is 7.77. The number of rotatable bonds is 4. The van der Waals surface area contributed by atoms with E-state index in [0.29, 0.717) is 30.1 Å². The Morgan fingerprint density at radius 2 is 2.23 bits per heavy atom. The highest BCUT2D eigenvalue weighted by Crippen LogP contribution is 2.39. The number of carbonyl (C=O) groups excluding carboxylic acids is 1. The molecule has 22 heavy (non-hydrogen) atoms. The summed E-state index contributed by atoms with van der Waals surface area (Å²) in [5.41, 5.74) is 0.523. The minimum atomic E-state index is -0.687. The molecular formula is C15H21FN4O2. The molecule has 0 bridgehead atoms. The van der Waals surface area contributed by atoms with Gasteiger partial charge in [-0.2, -0.15) is 5.10 Å². The van der Waals surface area contributed by atoms with Crippen molar-refractivity contribution < 1.29 is 14.3 Å². The van der Waals surface area contributed by atoms with Gasteiger partial charge in [0.1, 0.15) is 5.82 Å². The minimum Gasteiger partial charge on any atom is -0.391 e. The number of amides is 1. The Hall–Kier alpha value is -1.76. The normalized spacial score (nSPS) is 26.3. The number of aromatic amines is 1. The Morgan fingerprint density at radius 3 is 2.82 bits per heavy atom. The second-order valence-electron chi connectivity index (χ2n) is 6.13. The molecule has 1 amide bonds. The third-order valence-electron chi connectivity index (χ3n) is 4.45. The van der Waals surface area contributed by atoms with Crippen molar-refractivity contribution in [2.75, 3.05) is 6.54 Å². The number of halogens is 1. The van der Waals surface area contributed by atoms with Crippen LogP contribution in [0.5, 0.6) is 0 Å². The molecule has 0 spiro atoms. The fourth-order valence-electron chi connectivity index (χ4n) is 2.89. The Balaban J connectivity index is 1.84. The topological polar surface area (TPSA) is 82.1 Å². The van der Waals surface area contributed by atoms with Crippen molar-refractivity contribution in [3.8, 4) is 0 Å². The zero-order chi connectivity index (χ0) is 15.9. The van der Waals surface area contributed by atoms with Crippen LogP contribution in [0.2, 0.25) is 0 Å². The molecule has 2 N–H and O–H groups in total. The van der Waals surface area contributed by atoms with Crippen LogP contribution < -0.4 is 0 Å². The summed E-state index contributed by atoms with van der Waals surface area (Å²) in [5.74, 6) is 0.0133. The number of allylic oxidation sites excluding steroid dienone is 1. The number of aryl methyl sites for hydroxylation is 1. The number of carbonyl (C=O) groups is 1. The van der Waals surface area contributed by atoms with Crippen LogP contribution in [0.1, 0.15) is 50.8 Å². The number of likely N-dealkylation sites (tertiary alicyclic amines) is 1. The van der Waals surface area contributed by atoms with E-state index in [0.717, 1.165) is 12.8 Å². The van der Waals surface area contributed by atoms with Gasteiger partial charge in [-0.25, -0.2) is 9.37 Å². The summed E-state index contributed by atoms with van der Waals surface area (Å²) in [7, 11) is 0. The van der Waals surface area contributed by atoms with Gasteiger partial charge >= 0.3 is 0 Å². The molecule has 1 aromatic rings. The Kier molecular flexibility index (Phi) is 3.99. The van der Waals surface area contributed by atoms with Gasteiger partial charge in [0.15, 0.2) is 11.7 Å². The molecule has 1 aromatic heterocycles. The van der Waals surface area contributed by atoms with E-state index in [1.165, 1.54) is 4.90 Å². The van der Waals surface area contributed by atoms with Gasteiger partial charge in [0, 0.05) is 19.4 Å². The number of aliphatic hydroxyl groups excluding tert-OH is 1. The van der Waals surface area contributed by atoms with Crippen molar-refractivity contribution in [2.45, 2.75) is 51.7 Å². The number of hydrogen-bond acceptors (Lipinski definition) is 4. The standard InChI is InChI=1S/C15H21FN4O2/c1-3-12-17-14(19-18-12)11-6-10(21)7-20(11)15(22)13(16)8(2)9-4-5-9/h9-11,21H,3-7H2,1-2H3,(H,17,18,19)/t10-,11+/m1/s1. The molecule has 0 unspecified atom stereocenters. The SMILES string of the molecule is CCc1nc([C@@H]2C[C@@H](O)CN2C(=O)C(F)=C(C)C2CC2)n[nH]1. The van der Waals surface area contributed by atoms with Gasteiger partial charge in [-0.3, -0.25) is 9.89 Å². The van der Waals surface area contributed by atoms with Crippen molar-refractivity contribution in [1.29, 1.82) is 0 Å². The van der Waals surface area contributed by atoms with E-state index in [4.69, 9.17) is 0 Å². The first kappa shape index (κ1) is 15.1. The third-order valence-corrected chi connectivity index (χ3v) is 4.45. The van der Waals surface area contributed by atoms with Crippen molar-refractivity contribution >= 4 is 5.91 Å². The van der Waals surface area contributed by atoms with Gasteiger partial charge in [-0.15, -0.1) is 0 Å². The summed E-state index contributed by atoms with van der Waals surface area (Å²) in [6.45, 7) is 3.73. The van der Waals surface area contributed by atoms with Gasteiger partial charge in [-0.05, 0) is 31.3 Å². The molecule has 6 nitrogen and oxygen atoms in total. The number of hydrogen-bond donors (Lipinski definition) is 2. The predicted molar refractivity (Wildman–Crippen MR) is 77.4 cm³/mol. The number of β-amino-alcohol motifs (C(OH)–C–C–N with tert-alkyl or cyclic N) is 1. The number of H-pyrrole nitrogens is 1. The van der Waals surface area contributed by atoms with Crippen molar-refractivity contribution in [3.05, 3.63) is 23.0 Å². The average molecular weight is 308 g/mol. The summed E-state index contributed by atoms with van der Waals surface area (Å²) in [4.78, 5) is 18.1. The molecule has 1 saturated carbocycles. The molecule has 2 atom stereocenters. The molecule has 0 aromatic carbocycles. The summed E-state index contributed by atoms with van der Waals surface area (Å²) < 4.78 is 14.4. The highest BCUT2D eigenvalue weighted by Gasteiger charge is 2.40. The zero-order valence-corrected chi connectivity index (χ0v) is 12.8. The lowest BCUT2D eigenvalue weighted by molar-refractivity contribution is -0.130. The maximum Gasteiger partial charge on any atom is 0.283 e. The largest absolute Gasteiger partial charge is 0.391 e. The van der Waals surface area contributed by atoms with E-state index >= 15 is 0 Å². The molecular weight excluding hydrogens is 287 g/mol. The van der Waals surface area contributed by atoms with Crippen LogP contribution in [0.25, 0.3) is 0 Å². The zero-order valence-electron chi connectivity index (χ0n) is 12.8. The van der Waals surface area contributed by atoms with Crippen LogP contribution in [-0.2, 0) is 11.2 Å². The number of aromatic nitrogens is 3. The Labute approximate surface area is 128 Å². The average Bonchev–Trinajstić information content (AvgIpc) is 3.12. The van der Waals surface area contributed by atoms with Gasteiger partial charge in [0.05, 0.1) is 12.1 Å². The van der Waals surface area contributed by atoms with Crippen molar-refractivity contribution in [1.82, 2.24) is 20.1 Å². The quantitative estimate of drug-likeness (QED) is 0.829. The number of nitrogens with one attached hydrogen (secondary N) is 1. The summed E-state index contributed by atoms with van der Waals surface area (Å²) in [6.07, 6.45) is 2.25. The molecule has 0 radical (unpaired) electrons. The predicted octanol–water partition coefficient (Wildman–Crippen LogP) is 1.65. The van der Waals surface area contributed by atoms with E-state index in [2.05, 4.69) is 15.2 Å². The lowest BCUT2D eigenvalue weighted by Gasteiger charge is -2.22. The van der Waals surface area contributed by atoms with Crippen LogP contribution in [0.4, 0.5) is 4.39 Å². The fourth-order valence-corrected chi connectivity index (χ4v) is 2.89. The monoisotopic (exact) mass is 308 g/mol. The Bertz CT molecular complexity index is 608. The second kappa shape index (κ2) is 5.79. The number of aliphatic hydroxyl groups is 1. The maximum absolute atomic E-state index is 14.4. The lowest BCUT2D eigenvalue weighted by atomic mass is 10.1. The molecule has 1 aliphatic carbocycles. The third kappa shape index (κ3) is 2.77. The maximum atomic E-state index is 14.4. The summed E-state index contributed by atoms with van der Waals surface area (Å²) in [6, 6.07) is -0.475. The summed E-state index contributed by atoms with van der Waals surface area (Å²) in [5, 5.41) is 16.8. The van der Waals surface area contributed by atoms with Crippen LogP contribution in [0.3, 0.4) is 0 Å². The second-order valence-corrected chi connectivity index (χ2v) is 6.13. The van der Waals surface area contributed by atoms with Gasteiger partial charge in [0.2, 0.25) is 0 Å². The highest BCUT2D eigenvalue weighted by molar-refractivity contribution is 5.92. The van der Waals surface area contributed by atoms with Gasteiger partial charge in [0.25, 0.3) is 5.91 Å². The fraction of sp³-hybridized carbons (Fsp3) is 0.667. The molecule has 120 valence electrons. The Morgan fingerprint density at radius 1 is 1.50 bits per heavy atom. The molecule has 7 heteroatoms. The van der Waals surface area contributed by atoms with E-state index in [1.807, 2.05) is 6.92 Å². The smallest absolute Gasteiger partial charge is 0.283 e. The van der Waals surface area contributed by atoms with Crippen LogP contribution >= 0.6 is 0 Å². The first-order valence-electron chi connectivity index (χ1n) is 7.77. The van der Waals surface area contributed by atoms with E-state index in [9.17, 15) is 14.3 Å². The highest BCUT2D eigenvalue weighted by atomic mass is 19.1. The molecule has 1 aliphatic heterocycles. The van der Waals surface area contributed by atoms with Gasteiger partial charge < -0.3 is 10.0 Å². The van der Waals surface area contributed by atoms with Crippen LogP contribution in [0, 0.1) is 5.92 Å². The van der Waals surface area contributed by atoms with Crippen molar-refractivity contribution in [3.63, 3.8) is 0 Å². The van der Waals surface area contributed by atoms with Crippen LogP contribution in [-0.4, -0.2) is 43.7 Å². The molecule has 2 fully saturated rings. The molecule has 2 heterocycles. The van der Waals surface area contributed by atoms with Crippen molar-refractivity contribution in [2.24, 2.45) is 5.92 Å². The molecule has 1 saturated heterocycles. The summed E-state index contributed by atoms with van der Waals surface area (Å²) >= 11 is 0. The van der Waals surface area contributed by atoms with E-state index < -0.39 is 23.9 Å². The molecule has 3 rings (SSSR count). The van der Waals surface area contributed by atoms with Gasteiger partial charge in [-0.1, -0.05) is 6.92 Å².